The molecule has 3 aliphatic heterocycles. The van der Waals surface area contributed by atoms with E-state index in [-0.39, 0.29) is 42.6 Å². The zero-order valence-corrected chi connectivity index (χ0v) is 76.0. The number of carbonyl (C=O) groups excluding carboxylic acids is 16. The Bertz CT molecular complexity index is 5310. The molecule has 19 N–H and O–H groups in total. The summed E-state index contributed by atoms with van der Waals surface area (Å²) in [5, 5.41) is 76.8. The van der Waals surface area contributed by atoms with Crippen LogP contribution >= 0.6 is 11.8 Å². The summed E-state index contributed by atoms with van der Waals surface area (Å²) < 4.78 is 29.8. The molecule has 0 radical (unpaired) electrons. The van der Waals surface area contributed by atoms with E-state index in [2.05, 4.69) is 52.8 Å². The van der Waals surface area contributed by atoms with Gasteiger partial charge in [0.25, 0.3) is 0 Å². The molecule has 1 aromatic heterocycles. The van der Waals surface area contributed by atoms with Gasteiger partial charge in [-0.15, -0.1) is 11.8 Å². The van der Waals surface area contributed by atoms with Crippen LogP contribution in [-0.4, -0.2) is 305 Å². The molecule has 9 rings (SSSR count). The first-order chi connectivity index (χ1) is 64.1. The molecule has 3 saturated heterocycles. The molecule has 726 valence electrons. The first kappa shape index (κ1) is 105. The quantitative estimate of drug-likeness (QED) is 0.0318. The Morgan fingerprint density at radius 1 is 0.489 bits per heavy atom. The minimum Gasteiger partial charge on any atom is -0.508 e. The Kier molecular flexibility index (Phi) is 38.1. The second-order valence-electron chi connectivity index (χ2n) is 34.0. The van der Waals surface area contributed by atoms with E-state index in [1.165, 1.54) is 65.5 Å². The van der Waals surface area contributed by atoms with Gasteiger partial charge in [-0.1, -0.05) is 131 Å². The Hall–Kier alpha value is -14.0. The van der Waals surface area contributed by atoms with Crippen LogP contribution in [0.3, 0.4) is 0 Å². The molecule has 0 unspecified atom stereocenters. The topological polar surface area (TPSA) is 601 Å². The molecule has 0 spiro atoms. The molecule has 0 aliphatic carbocycles. The Labute approximate surface area is 779 Å². The number of aromatic nitrogens is 1. The summed E-state index contributed by atoms with van der Waals surface area (Å²) in [5.41, 5.74) is 13.1. The number of aliphatic carboxylic acids is 2. The van der Waals surface area contributed by atoms with Crippen LogP contribution in [0.2, 0.25) is 0 Å². The average molecular weight is 1900 g/mol. The number of aromatic amines is 1. The zero-order valence-electron chi connectivity index (χ0n) is 75.2. The number of fused-ring (bicyclic) bond motifs is 3. The number of hydrogen-bond acceptors (Lipinski definition) is 22. The number of aromatic hydroxyl groups is 1. The van der Waals surface area contributed by atoms with Gasteiger partial charge < -0.3 is 114 Å². The van der Waals surface area contributed by atoms with E-state index in [0.29, 0.717) is 45.8 Å². The third-order valence-corrected chi connectivity index (χ3v) is 24.7. The summed E-state index contributed by atoms with van der Waals surface area (Å²) in [6.45, 7) is 2.72. The highest BCUT2D eigenvalue weighted by Crippen LogP contribution is 2.29. The second kappa shape index (κ2) is 49.1. The molecular weight excluding hydrogens is 1780 g/mol. The number of halogens is 2. The first-order valence-electron chi connectivity index (χ1n) is 44.0. The fourth-order valence-corrected chi connectivity index (χ4v) is 17.1. The number of carboxylic acid groups (broad SMARTS) is 2. The minimum absolute atomic E-state index is 0.0678. The van der Waals surface area contributed by atoms with Crippen LogP contribution in [-0.2, 0) is 118 Å². The number of aliphatic hydroxyl groups excluding tert-OH is 2. The molecular formula is C92H115F2N17O23S. The lowest BCUT2D eigenvalue weighted by Gasteiger charge is -2.38. The van der Waals surface area contributed by atoms with E-state index in [4.69, 9.17) is 11.5 Å². The van der Waals surface area contributed by atoms with Crippen LogP contribution in [0.5, 0.6) is 5.75 Å². The van der Waals surface area contributed by atoms with Crippen molar-refractivity contribution in [3.8, 4) is 5.75 Å². The van der Waals surface area contributed by atoms with Crippen molar-refractivity contribution >= 4 is 129 Å². The molecule has 3 fully saturated rings. The Morgan fingerprint density at radius 3 is 1.59 bits per heavy atom. The lowest BCUT2D eigenvalue weighted by Crippen LogP contribution is -2.62. The second-order valence-corrected chi connectivity index (χ2v) is 35.1. The smallest absolute Gasteiger partial charge is 0.305 e. The maximum atomic E-state index is 15.7. The highest BCUT2D eigenvalue weighted by Gasteiger charge is 2.48. The number of nitrogens with zero attached hydrogens (tertiary/aromatic N) is 5. The van der Waals surface area contributed by atoms with E-state index in [0.717, 1.165) is 42.7 Å². The van der Waals surface area contributed by atoms with Crippen molar-refractivity contribution in [1.29, 1.82) is 0 Å². The largest absolute Gasteiger partial charge is 0.508 e. The Balaban J connectivity index is 1.15. The van der Waals surface area contributed by atoms with Crippen LogP contribution in [0.25, 0.3) is 10.9 Å². The van der Waals surface area contributed by atoms with Crippen LogP contribution in [0.4, 0.5) is 8.78 Å². The van der Waals surface area contributed by atoms with Crippen molar-refractivity contribution in [2.24, 2.45) is 17.4 Å². The number of hydrogen-bond donors (Lipinski definition) is 17. The molecule has 6 aromatic rings. The van der Waals surface area contributed by atoms with Crippen molar-refractivity contribution in [2.45, 2.75) is 208 Å². The molecule has 16 amide bonds. The highest BCUT2D eigenvalue weighted by atomic mass is 32.2. The molecule has 40 nitrogen and oxygen atoms in total. The number of rotatable bonds is 25. The summed E-state index contributed by atoms with van der Waals surface area (Å²) in [7, 11) is 3.62. The van der Waals surface area contributed by atoms with Crippen LogP contribution in [0, 0.1) is 17.6 Å². The molecule has 5 aromatic carbocycles. The van der Waals surface area contributed by atoms with Crippen molar-refractivity contribution in [3.05, 3.63) is 173 Å². The highest BCUT2D eigenvalue weighted by molar-refractivity contribution is 8.00. The third kappa shape index (κ3) is 29.5. The number of phenols is 1. The predicted molar refractivity (Wildman–Crippen MR) is 483 cm³/mol. The number of likely N-dealkylation sites (N-methyl/N-ethyl adjacent to an activating group) is 3. The predicted octanol–water partition coefficient (Wildman–Crippen LogP) is -1.25. The maximum absolute atomic E-state index is 15.7. The summed E-state index contributed by atoms with van der Waals surface area (Å²) >= 11 is 0.612. The molecule has 0 saturated carbocycles. The van der Waals surface area contributed by atoms with Crippen molar-refractivity contribution in [1.82, 2.24) is 77.3 Å². The number of carboxylic acids is 2. The number of benzene rings is 5. The van der Waals surface area contributed by atoms with Crippen molar-refractivity contribution < 1.29 is 121 Å². The number of aliphatic hydroxyl groups is 2. The average Bonchev–Trinajstić information content (AvgIpc) is 1.77. The third-order valence-electron chi connectivity index (χ3n) is 23.6. The first-order valence-corrected chi connectivity index (χ1v) is 45.1. The summed E-state index contributed by atoms with van der Waals surface area (Å²) in [6.07, 6.45) is -8.06. The van der Waals surface area contributed by atoms with Gasteiger partial charge in [-0.25, -0.2) is 8.78 Å². The SMILES string of the molecule is CCCC[C@H]1C(=O)N2C[C@H](O)C[C@@H]2C(=O)N[C@@H](CC(=O)O)C(=O)N[C@@H](C(C)C)C(=O)N(C)[C@@H](Cc2ccccc2)C(=O)N[C@@H](CCC(N)=O)C(=O)N2C[C@H](O)C[C@@H]2C(=O)N[C@@H](Cc2c[nH]c3ccccc23)C(=O)N[C@@H](Cc2ccc(O)cc2)C(=O)N[C@H](CCC(=O)O)C(=O)N[C@H](C(=O)NCC(N)=O)CSCC(=O)N[C@H](Cc2ccc(F)c(F)c2)C(=O)N(C)[C@@H](Cc2ccccc2)C(=O)N1C. The standard InChI is InChI=1S/C92H115F2N17O23S/c1-7-8-23-69-91(133)111-46-57(114)41-72(111)87(129)104-66(42-78(120)121)84(126)106-79(49(2)3)92(134)108(5)70(37-50-17-11-9-12-18-50)85(127)101-63(30-32-74(95)115)89(131)110-45-56(113)40-71(110)86(128)103-65(39-54-43-97-61-22-16-15-21-58(54)61)83(125)102-64(35-52-24-27-55(112)28-25-52)82(124)100-62(31-33-77(118)119)81(123)105-68(80(122)98-44-75(96)116)47-135-48-76(117)99-67(36-53-26-29-59(93)60(94)34-53)88(130)109(6)73(90(132)107(69)4)38-51-19-13-10-14-20-51/h9-22,24-29,34,43,49,56-57,62-73,79,97,112-114H,7-8,23,30-33,35-42,44-48H2,1-6H3,(H2,95,115)(H2,96,116)(H,98,122)(H,99,117)(H,100,124)(H,101,127)(H,102,125)(H,103,128)(H,104,129)(H,105,123)(H,106,126)(H,118,119)(H,120,121)/t56-,57-,62-,63+,64+,65+,66+,67-,68+,69+,70+,71-,72-,73+,79+/m1/s1. The number of primary amides is 2. The van der Waals surface area contributed by atoms with Crippen LogP contribution in [0.1, 0.15) is 113 Å². The summed E-state index contributed by atoms with van der Waals surface area (Å²) in [4.78, 5) is 270. The van der Waals surface area contributed by atoms with E-state index in [1.807, 2.05) is 0 Å². The molecule has 0 bridgehead atoms. The molecule has 43 heteroatoms. The molecule has 15 atom stereocenters. The van der Waals surface area contributed by atoms with Gasteiger partial charge >= 0.3 is 11.9 Å². The normalized spacial score (nSPS) is 24.4. The van der Waals surface area contributed by atoms with E-state index >= 15 is 47.5 Å². The van der Waals surface area contributed by atoms with E-state index < -0.39 is 310 Å². The molecule has 135 heavy (non-hydrogen) atoms. The lowest BCUT2D eigenvalue weighted by atomic mass is 9.98. The number of carbonyl (C=O) groups is 18. The number of H-pyrrole nitrogens is 1. The van der Waals surface area contributed by atoms with Crippen LogP contribution < -0.4 is 59.3 Å². The molecule has 3 aliphatic rings. The Morgan fingerprint density at radius 2 is 1.00 bits per heavy atom. The van der Waals surface area contributed by atoms with Gasteiger partial charge in [0.1, 0.15) is 84.3 Å². The van der Waals surface area contributed by atoms with Gasteiger partial charge in [0, 0.05) is 115 Å². The fourth-order valence-electron chi connectivity index (χ4n) is 16.3. The lowest BCUT2D eigenvalue weighted by molar-refractivity contribution is -0.152. The van der Waals surface area contributed by atoms with Crippen molar-refractivity contribution in [3.63, 3.8) is 0 Å². The number of unbranched alkanes of at least 4 members (excludes halogenated alkanes) is 1. The number of nitrogens with two attached hydrogens (primary N) is 2. The number of phenolic OH excluding ortho intramolecular Hbond substituents is 1. The van der Waals surface area contributed by atoms with Gasteiger partial charge in [0.05, 0.1) is 30.9 Å². The fraction of sp³-hybridized carbons (Fsp3) is 0.457. The monoisotopic (exact) mass is 1900 g/mol. The maximum Gasteiger partial charge on any atom is 0.305 e. The van der Waals surface area contributed by atoms with Crippen LogP contribution in [0.15, 0.2) is 134 Å². The molecule has 4 heterocycles. The zero-order chi connectivity index (χ0) is 98.8. The number of nitrogens with one attached hydrogen (secondary N) is 10. The van der Waals surface area contributed by atoms with Gasteiger partial charge in [0.15, 0.2) is 11.6 Å². The van der Waals surface area contributed by atoms with Gasteiger partial charge in [-0.3, -0.25) is 86.3 Å². The van der Waals surface area contributed by atoms with Gasteiger partial charge in [0.2, 0.25) is 94.5 Å². The van der Waals surface area contributed by atoms with Gasteiger partial charge in [-0.2, -0.15) is 0 Å². The number of para-hydroxylation sites is 1. The number of thioether (sulfide) groups is 1. The summed E-state index contributed by atoms with van der Waals surface area (Å²) in [5.74, 6) is -25.8. The van der Waals surface area contributed by atoms with E-state index in [9.17, 15) is 73.1 Å². The van der Waals surface area contributed by atoms with Crippen molar-refractivity contribution in [2.75, 3.05) is 52.3 Å². The van der Waals surface area contributed by atoms with Gasteiger partial charge in [-0.05, 0) is 83.3 Å². The minimum atomic E-state index is -2.06. The number of amides is 16. The summed E-state index contributed by atoms with van der Waals surface area (Å²) in [6, 6.07) is 7.84. The van der Waals surface area contributed by atoms with E-state index in [1.54, 1.807) is 91.9 Å².